The van der Waals surface area contributed by atoms with Crippen LogP contribution < -0.4 is 0 Å². The van der Waals surface area contributed by atoms with Crippen molar-refractivity contribution in [3.63, 3.8) is 0 Å². The van der Waals surface area contributed by atoms with Gasteiger partial charge in [0.05, 0.1) is 12.0 Å². The lowest BCUT2D eigenvalue weighted by atomic mass is 9.82. The number of carboxylic acids is 1. The summed E-state index contributed by atoms with van der Waals surface area (Å²) >= 11 is 3.44. The molecule has 1 N–H and O–H groups in total. The summed E-state index contributed by atoms with van der Waals surface area (Å²) in [5, 5.41) is 9.32. The molecule has 0 radical (unpaired) electrons. The summed E-state index contributed by atoms with van der Waals surface area (Å²) in [7, 11) is 0. The summed E-state index contributed by atoms with van der Waals surface area (Å²) in [6.45, 7) is 4.08. The largest absolute Gasteiger partial charge is 0.481 e. The van der Waals surface area contributed by atoms with Crippen molar-refractivity contribution in [1.82, 2.24) is 4.90 Å². The monoisotopic (exact) mass is 325 g/mol. The Kier molecular flexibility index (Phi) is 4.63. The molecule has 0 bridgehead atoms. The highest BCUT2D eigenvalue weighted by atomic mass is 79.9. The van der Waals surface area contributed by atoms with Crippen molar-refractivity contribution < 1.29 is 9.90 Å². The van der Waals surface area contributed by atoms with Crippen molar-refractivity contribution >= 4 is 21.9 Å². The molecule has 1 aliphatic heterocycles. The fourth-order valence-electron chi connectivity index (χ4n) is 3.10. The van der Waals surface area contributed by atoms with Gasteiger partial charge >= 0.3 is 5.97 Å². The summed E-state index contributed by atoms with van der Waals surface area (Å²) in [6.07, 6.45) is 3.32. The molecule has 1 aromatic carbocycles. The lowest BCUT2D eigenvalue weighted by molar-refractivity contribution is -0.140. The number of benzene rings is 1. The molecule has 1 saturated heterocycles. The predicted molar refractivity (Wildman–Crippen MR) is 79.2 cm³/mol. The second kappa shape index (κ2) is 6.06. The molecule has 1 fully saturated rings. The van der Waals surface area contributed by atoms with Crippen LogP contribution in [-0.4, -0.2) is 29.1 Å². The molecule has 0 spiro atoms. The highest BCUT2D eigenvalue weighted by Gasteiger charge is 2.40. The molecule has 19 heavy (non-hydrogen) atoms. The molecule has 0 aliphatic carbocycles. The maximum Gasteiger partial charge on any atom is 0.305 e. The minimum Gasteiger partial charge on any atom is -0.481 e. The average Bonchev–Trinajstić information content (AvgIpc) is 2.91. The van der Waals surface area contributed by atoms with Crippen molar-refractivity contribution in [3.8, 4) is 0 Å². The fraction of sp³-hybridized carbons (Fsp3) is 0.533. The Hall–Kier alpha value is -0.870. The smallest absolute Gasteiger partial charge is 0.305 e. The minimum atomic E-state index is -0.725. The van der Waals surface area contributed by atoms with Crippen LogP contribution in [0.5, 0.6) is 0 Å². The molecule has 1 heterocycles. The molecular formula is C15H20BrNO2. The number of aliphatic carboxylic acids is 1. The zero-order valence-electron chi connectivity index (χ0n) is 11.2. The van der Waals surface area contributed by atoms with Crippen molar-refractivity contribution in [3.05, 3.63) is 34.3 Å². The van der Waals surface area contributed by atoms with Gasteiger partial charge in [0.15, 0.2) is 0 Å². The van der Waals surface area contributed by atoms with E-state index in [-0.39, 0.29) is 12.0 Å². The van der Waals surface area contributed by atoms with Crippen LogP contribution in [0.15, 0.2) is 28.7 Å². The van der Waals surface area contributed by atoms with Gasteiger partial charge in [0.25, 0.3) is 0 Å². The standard InChI is InChI=1S/C15H20BrNO2/c1-2-15(11-14(18)19,17-9-3-4-10-17)12-5-7-13(16)8-6-12/h5-8H,2-4,9-11H2,1H3,(H,18,19). The molecule has 2 rings (SSSR count). The molecule has 1 atom stereocenters. The first-order valence-electron chi connectivity index (χ1n) is 6.81. The van der Waals surface area contributed by atoms with Crippen molar-refractivity contribution in [2.45, 2.75) is 38.1 Å². The molecule has 0 saturated carbocycles. The summed E-state index contributed by atoms with van der Waals surface area (Å²) in [6, 6.07) is 8.10. The third-order valence-corrected chi connectivity index (χ3v) is 4.65. The second-order valence-corrected chi connectivity index (χ2v) is 6.07. The predicted octanol–water partition coefficient (Wildman–Crippen LogP) is 3.62. The van der Waals surface area contributed by atoms with Gasteiger partial charge in [-0.05, 0) is 50.0 Å². The van der Waals surface area contributed by atoms with E-state index in [1.165, 1.54) is 0 Å². The molecule has 3 nitrogen and oxygen atoms in total. The number of carboxylic acid groups (broad SMARTS) is 1. The summed E-state index contributed by atoms with van der Waals surface area (Å²) < 4.78 is 1.03. The van der Waals surface area contributed by atoms with Crippen LogP contribution in [0.2, 0.25) is 0 Å². The molecule has 4 heteroatoms. The van der Waals surface area contributed by atoms with E-state index in [2.05, 4.69) is 39.9 Å². The van der Waals surface area contributed by atoms with Crippen molar-refractivity contribution in [1.29, 1.82) is 0 Å². The van der Waals surface area contributed by atoms with Gasteiger partial charge in [-0.25, -0.2) is 0 Å². The minimum absolute atomic E-state index is 0.172. The van der Waals surface area contributed by atoms with Gasteiger partial charge in [0, 0.05) is 4.47 Å². The van der Waals surface area contributed by atoms with Crippen molar-refractivity contribution in [2.75, 3.05) is 13.1 Å². The first-order valence-corrected chi connectivity index (χ1v) is 7.60. The number of rotatable bonds is 5. The van der Waals surface area contributed by atoms with Gasteiger partial charge in [-0.1, -0.05) is 35.0 Å². The number of nitrogens with zero attached hydrogens (tertiary/aromatic N) is 1. The number of carbonyl (C=O) groups is 1. The van der Waals surface area contributed by atoms with Gasteiger partial charge in [-0.2, -0.15) is 0 Å². The van der Waals surface area contributed by atoms with Gasteiger partial charge in [0.1, 0.15) is 0 Å². The number of hydrogen-bond acceptors (Lipinski definition) is 2. The average molecular weight is 326 g/mol. The third kappa shape index (κ3) is 3.00. The Labute approximate surface area is 122 Å². The molecule has 1 unspecified atom stereocenters. The molecule has 1 aromatic rings. The zero-order chi connectivity index (χ0) is 13.9. The van der Waals surface area contributed by atoms with E-state index in [1.807, 2.05) is 12.1 Å². The van der Waals surface area contributed by atoms with Crippen LogP contribution in [0.4, 0.5) is 0 Å². The maximum atomic E-state index is 11.3. The number of likely N-dealkylation sites (tertiary alicyclic amines) is 1. The number of halogens is 1. The van der Waals surface area contributed by atoms with Gasteiger partial charge in [0.2, 0.25) is 0 Å². The van der Waals surface area contributed by atoms with E-state index in [4.69, 9.17) is 0 Å². The zero-order valence-corrected chi connectivity index (χ0v) is 12.8. The van der Waals surface area contributed by atoms with Crippen LogP contribution in [0.1, 0.15) is 38.2 Å². The summed E-state index contributed by atoms with van der Waals surface area (Å²) in [4.78, 5) is 13.7. The third-order valence-electron chi connectivity index (χ3n) is 4.12. The van der Waals surface area contributed by atoms with Gasteiger partial charge in [-0.3, -0.25) is 9.69 Å². The fourth-order valence-corrected chi connectivity index (χ4v) is 3.37. The topological polar surface area (TPSA) is 40.5 Å². The lowest BCUT2D eigenvalue weighted by Crippen LogP contribution is -2.45. The first-order chi connectivity index (χ1) is 9.08. The van der Waals surface area contributed by atoms with Crippen LogP contribution in [-0.2, 0) is 10.3 Å². The second-order valence-electron chi connectivity index (χ2n) is 5.16. The van der Waals surface area contributed by atoms with E-state index < -0.39 is 5.97 Å². The molecule has 0 amide bonds. The Bertz CT molecular complexity index is 440. The van der Waals surface area contributed by atoms with Crippen LogP contribution in [0.25, 0.3) is 0 Å². The molecule has 1 aliphatic rings. The van der Waals surface area contributed by atoms with Gasteiger partial charge in [-0.15, -0.1) is 0 Å². The van der Waals surface area contributed by atoms with E-state index in [9.17, 15) is 9.90 Å². The Balaban J connectivity index is 2.41. The molecule has 104 valence electrons. The highest BCUT2D eigenvalue weighted by Crippen LogP contribution is 2.38. The summed E-state index contributed by atoms with van der Waals surface area (Å²) in [5.74, 6) is -0.725. The molecular weight excluding hydrogens is 306 g/mol. The Morgan fingerprint density at radius 1 is 1.32 bits per heavy atom. The van der Waals surface area contributed by atoms with E-state index in [1.54, 1.807) is 0 Å². The van der Waals surface area contributed by atoms with Crippen LogP contribution in [0, 0.1) is 0 Å². The maximum absolute atomic E-state index is 11.3. The lowest BCUT2D eigenvalue weighted by Gasteiger charge is -2.41. The van der Waals surface area contributed by atoms with E-state index in [0.717, 1.165) is 42.4 Å². The SMILES string of the molecule is CCC(CC(=O)O)(c1ccc(Br)cc1)N1CCCC1. The van der Waals surface area contributed by atoms with Gasteiger partial charge < -0.3 is 5.11 Å². The van der Waals surface area contributed by atoms with E-state index >= 15 is 0 Å². The Morgan fingerprint density at radius 2 is 1.89 bits per heavy atom. The van der Waals surface area contributed by atoms with Crippen LogP contribution in [0.3, 0.4) is 0 Å². The van der Waals surface area contributed by atoms with Crippen molar-refractivity contribution in [2.24, 2.45) is 0 Å². The first kappa shape index (κ1) is 14.5. The normalized spacial score (nSPS) is 19.3. The number of hydrogen-bond donors (Lipinski definition) is 1. The van der Waals surface area contributed by atoms with Crippen LogP contribution >= 0.6 is 15.9 Å². The summed E-state index contributed by atoms with van der Waals surface area (Å²) in [5.41, 5.74) is 0.755. The highest BCUT2D eigenvalue weighted by molar-refractivity contribution is 9.10. The molecule has 0 aromatic heterocycles. The van der Waals surface area contributed by atoms with E-state index in [0.29, 0.717) is 0 Å². The quantitative estimate of drug-likeness (QED) is 0.898. The Morgan fingerprint density at radius 3 is 2.37 bits per heavy atom.